The van der Waals surface area contributed by atoms with Crippen molar-refractivity contribution in [3.8, 4) is 0 Å². The average molecular weight is 203 g/mol. The summed E-state index contributed by atoms with van der Waals surface area (Å²) in [5.74, 6) is 0. The van der Waals surface area contributed by atoms with Crippen molar-refractivity contribution in [2.24, 2.45) is 0 Å². The maximum Gasteiger partial charge on any atom is 0.269 e. The van der Waals surface area contributed by atoms with E-state index in [4.69, 9.17) is 5.11 Å². The number of aliphatic hydroxyl groups excluding tert-OH is 1. The van der Waals surface area contributed by atoms with Gasteiger partial charge in [0.25, 0.3) is 12.0 Å². The predicted molar refractivity (Wildman–Crippen MR) is 47.4 cm³/mol. The first kappa shape index (κ1) is 10.8. The molecule has 0 amide bonds. The Morgan fingerprint density at radius 2 is 2.21 bits per heavy atom. The molecule has 0 radical (unpaired) electrons. The summed E-state index contributed by atoms with van der Waals surface area (Å²) in [6, 6.07) is 1.44. The monoisotopic (exact) mass is 203 g/mol. The Kier molecular flexibility index (Phi) is 3.76. The lowest BCUT2D eigenvalue weighted by Gasteiger charge is -2.05. The fourth-order valence-corrected chi connectivity index (χ4v) is 1.26. The van der Waals surface area contributed by atoms with Crippen LogP contribution in [0.15, 0.2) is 17.1 Å². The summed E-state index contributed by atoms with van der Waals surface area (Å²) >= 11 is 0. The van der Waals surface area contributed by atoms with E-state index in [1.807, 2.05) is 0 Å². The number of hydrogen-bond donors (Lipinski definition) is 2. The molecule has 5 heteroatoms. The van der Waals surface area contributed by atoms with Crippen LogP contribution in [0.3, 0.4) is 0 Å². The Hall–Kier alpha value is -1.23. The standard InChI is InChI=1S/C9H11F2NO2/c10-8(11)7-6(2-1-5-13)3-4-12-9(7)14/h3-4,8,13H,1-2,5H2,(H,12,14). The van der Waals surface area contributed by atoms with Gasteiger partial charge in [-0.3, -0.25) is 4.79 Å². The summed E-state index contributed by atoms with van der Waals surface area (Å²) in [6.07, 6.45) is -0.766. The minimum atomic E-state index is -2.77. The van der Waals surface area contributed by atoms with E-state index in [9.17, 15) is 13.6 Å². The minimum Gasteiger partial charge on any atom is -0.396 e. The van der Waals surface area contributed by atoms with E-state index >= 15 is 0 Å². The van der Waals surface area contributed by atoms with Crippen LogP contribution < -0.4 is 5.56 Å². The molecule has 1 rings (SSSR count). The maximum absolute atomic E-state index is 12.4. The zero-order chi connectivity index (χ0) is 10.6. The highest BCUT2D eigenvalue weighted by molar-refractivity contribution is 5.24. The number of alkyl halides is 2. The molecule has 1 heterocycles. The molecule has 0 aromatic carbocycles. The lowest BCUT2D eigenvalue weighted by Crippen LogP contribution is -2.15. The normalized spacial score (nSPS) is 10.9. The molecular formula is C9H11F2NO2. The van der Waals surface area contributed by atoms with Crippen LogP contribution in [0.25, 0.3) is 0 Å². The topological polar surface area (TPSA) is 53.1 Å². The number of aromatic amines is 1. The van der Waals surface area contributed by atoms with Gasteiger partial charge in [-0.1, -0.05) is 0 Å². The molecule has 1 aromatic heterocycles. The van der Waals surface area contributed by atoms with E-state index in [1.54, 1.807) is 0 Å². The van der Waals surface area contributed by atoms with Gasteiger partial charge in [-0.15, -0.1) is 0 Å². The van der Waals surface area contributed by atoms with Crippen molar-refractivity contribution in [3.05, 3.63) is 33.7 Å². The summed E-state index contributed by atoms with van der Waals surface area (Å²) < 4.78 is 24.9. The highest BCUT2D eigenvalue weighted by Crippen LogP contribution is 2.19. The zero-order valence-corrected chi connectivity index (χ0v) is 7.46. The van der Waals surface area contributed by atoms with E-state index in [0.29, 0.717) is 18.4 Å². The third kappa shape index (κ3) is 2.38. The van der Waals surface area contributed by atoms with Gasteiger partial charge in [-0.25, -0.2) is 8.78 Å². The Bertz CT molecular complexity index is 349. The molecule has 0 aliphatic rings. The van der Waals surface area contributed by atoms with Crippen molar-refractivity contribution >= 4 is 0 Å². The predicted octanol–water partition coefficient (Wildman–Crippen LogP) is 1.24. The second-order valence-electron chi connectivity index (χ2n) is 2.87. The Morgan fingerprint density at radius 3 is 2.79 bits per heavy atom. The number of aryl methyl sites for hydroxylation is 1. The number of H-pyrrole nitrogens is 1. The number of aliphatic hydroxyl groups is 1. The average Bonchev–Trinajstić information content (AvgIpc) is 2.14. The van der Waals surface area contributed by atoms with Crippen LogP contribution in [0.1, 0.15) is 24.0 Å². The molecule has 1 aromatic rings. The minimum absolute atomic E-state index is 0.0739. The lowest BCUT2D eigenvalue weighted by molar-refractivity contribution is 0.148. The van der Waals surface area contributed by atoms with Gasteiger partial charge in [0, 0.05) is 12.8 Å². The van der Waals surface area contributed by atoms with E-state index < -0.39 is 17.5 Å². The van der Waals surface area contributed by atoms with Crippen molar-refractivity contribution in [3.63, 3.8) is 0 Å². The van der Waals surface area contributed by atoms with Gasteiger partial charge < -0.3 is 10.1 Å². The van der Waals surface area contributed by atoms with Crippen molar-refractivity contribution in [2.75, 3.05) is 6.61 Å². The molecule has 3 nitrogen and oxygen atoms in total. The number of rotatable bonds is 4. The van der Waals surface area contributed by atoms with Gasteiger partial charge in [0.15, 0.2) is 0 Å². The molecule has 0 spiro atoms. The smallest absolute Gasteiger partial charge is 0.269 e. The molecule has 0 aliphatic heterocycles. The van der Waals surface area contributed by atoms with E-state index in [1.165, 1.54) is 12.3 Å². The summed E-state index contributed by atoms with van der Waals surface area (Å²) in [7, 11) is 0. The molecule has 0 bridgehead atoms. The number of nitrogens with one attached hydrogen (secondary N) is 1. The molecule has 0 unspecified atom stereocenters. The summed E-state index contributed by atoms with van der Waals surface area (Å²) in [5, 5.41) is 8.55. The Labute approximate surface area is 79.4 Å². The van der Waals surface area contributed by atoms with Crippen molar-refractivity contribution in [2.45, 2.75) is 19.3 Å². The second-order valence-corrected chi connectivity index (χ2v) is 2.87. The van der Waals surface area contributed by atoms with Gasteiger partial charge in [-0.05, 0) is 24.5 Å². The van der Waals surface area contributed by atoms with Crippen molar-refractivity contribution in [1.29, 1.82) is 0 Å². The highest BCUT2D eigenvalue weighted by atomic mass is 19.3. The van der Waals surface area contributed by atoms with Crippen molar-refractivity contribution < 1.29 is 13.9 Å². The van der Waals surface area contributed by atoms with Crippen LogP contribution in [0.4, 0.5) is 8.78 Å². The van der Waals surface area contributed by atoms with Gasteiger partial charge in [0.05, 0.1) is 5.56 Å². The Morgan fingerprint density at radius 1 is 1.50 bits per heavy atom. The highest BCUT2D eigenvalue weighted by Gasteiger charge is 2.16. The van der Waals surface area contributed by atoms with Crippen LogP contribution >= 0.6 is 0 Å². The summed E-state index contributed by atoms with van der Waals surface area (Å²) in [6.45, 7) is -0.0739. The first-order valence-electron chi connectivity index (χ1n) is 4.26. The molecule has 78 valence electrons. The molecular weight excluding hydrogens is 192 g/mol. The quantitative estimate of drug-likeness (QED) is 0.773. The number of pyridine rings is 1. The number of halogens is 2. The second kappa shape index (κ2) is 4.85. The number of aromatic nitrogens is 1. The molecule has 0 atom stereocenters. The fraction of sp³-hybridized carbons (Fsp3) is 0.444. The van der Waals surface area contributed by atoms with Crippen LogP contribution in [-0.2, 0) is 6.42 Å². The molecule has 0 saturated carbocycles. The molecule has 14 heavy (non-hydrogen) atoms. The van der Waals surface area contributed by atoms with E-state index in [0.717, 1.165) is 0 Å². The van der Waals surface area contributed by atoms with Crippen LogP contribution in [0.5, 0.6) is 0 Å². The largest absolute Gasteiger partial charge is 0.396 e. The summed E-state index contributed by atoms with van der Waals surface area (Å²) in [5.41, 5.74) is -0.936. The lowest BCUT2D eigenvalue weighted by atomic mass is 10.1. The fourth-order valence-electron chi connectivity index (χ4n) is 1.26. The Balaban J connectivity index is 3.02. The van der Waals surface area contributed by atoms with Crippen LogP contribution in [-0.4, -0.2) is 16.7 Å². The van der Waals surface area contributed by atoms with Gasteiger partial charge in [0.1, 0.15) is 0 Å². The van der Waals surface area contributed by atoms with Gasteiger partial charge in [-0.2, -0.15) is 0 Å². The summed E-state index contributed by atoms with van der Waals surface area (Å²) in [4.78, 5) is 13.2. The first-order valence-corrected chi connectivity index (χ1v) is 4.26. The molecule has 0 saturated heterocycles. The van der Waals surface area contributed by atoms with Gasteiger partial charge in [0.2, 0.25) is 0 Å². The van der Waals surface area contributed by atoms with Crippen LogP contribution in [0, 0.1) is 0 Å². The number of hydrogen-bond acceptors (Lipinski definition) is 2. The molecule has 0 fully saturated rings. The molecule has 0 aliphatic carbocycles. The van der Waals surface area contributed by atoms with Gasteiger partial charge >= 0.3 is 0 Å². The third-order valence-electron chi connectivity index (χ3n) is 1.91. The molecule has 2 N–H and O–H groups in total. The maximum atomic E-state index is 12.4. The van der Waals surface area contributed by atoms with Crippen molar-refractivity contribution in [1.82, 2.24) is 4.98 Å². The third-order valence-corrected chi connectivity index (χ3v) is 1.91. The van der Waals surface area contributed by atoms with E-state index in [2.05, 4.69) is 4.98 Å². The SMILES string of the molecule is O=c1[nH]ccc(CCCO)c1C(F)F. The van der Waals surface area contributed by atoms with Crippen LogP contribution in [0.2, 0.25) is 0 Å². The first-order chi connectivity index (χ1) is 6.66. The van der Waals surface area contributed by atoms with E-state index in [-0.39, 0.29) is 6.61 Å². The zero-order valence-electron chi connectivity index (χ0n) is 7.46.